The molecule has 16 heavy (non-hydrogen) atoms. The summed E-state index contributed by atoms with van der Waals surface area (Å²) in [6, 6.07) is 0. The number of carbonyl (C=O) groups is 1. The first-order valence-corrected chi connectivity index (χ1v) is 5.96. The number of hydrogen-bond acceptors (Lipinski definition) is 3. The van der Waals surface area contributed by atoms with Gasteiger partial charge in [0.15, 0.2) is 10.7 Å². The predicted molar refractivity (Wildman–Crippen MR) is 63.6 cm³/mol. The van der Waals surface area contributed by atoms with Crippen LogP contribution in [-0.4, -0.2) is 20.5 Å². The minimum absolute atomic E-state index is 0.123. The number of nitrogens with zero attached hydrogens (tertiary/aromatic N) is 2. The van der Waals surface area contributed by atoms with Crippen molar-refractivity contribution >= 4 is 22.3 Å². The Morgan fingerprint density at radius 2 is 2.06 bits per heavy atom. The van der Waals surface area contributed by atoms with Gasteiger partial charge in [0.2, 0.25) is 0 Å². The largest absolute Gasteiger partial charge is 0.477 e. The third-order valence-corrected chi connectivity index (χ3v) is 3.77. The molecule has 2 aromatic rings. The molecule has 4 nitrogen and oxygen atoms in total. The third kappa shape index (κ3) is 1.43. The van der Waals surface area contributed by atoms with Gasteiger partial charge in [-0.1, -0.05) is 13.8 Å². The van der Waals surface area contributed by atoms with Gasteiger partial charge in [0.25, 0.3) is 0 Å². The van der Waals surface area contributed by atoms with Crippen molar-refractivity contribution in [2.24, 2.45) is 0 Å². The SMILES string of the molecule is Cc1sc2nc(C(C)C)c(C(=O)O)n2c1C. The van der Waals surface area contributed by atoms with Crippen molar-refractivity contribution in [3.8, 4) is 0 Å². The number of carboxylic acid groups (broad SMARTS) is 1. The monoisotopic (exact) mass is 238 g/mol. The zero-order chi connectivity index (χ0) is 12.0. The van der Waals surface area contributed by atoms with E-state index >= 15 is 0 Å². The summed E-state index contributed by atoms with van der Waals surface area (Å²) in [6.07, 6.45) is 0. The highest BCUT2D eigenvalue weighted by atomic mass is 32.1. The topological polar surface area (TPSA) is 54.6 Å². The molecule has 0 aliphatic rings. The molecule has 1 N–H and O–H groups in total. The van der Waals surface area contributed by atoms with Gasteiger partial charge in [0, 0.05) is 10.6 Å². The molecule has 0 atom stereocenters. The molecule has 5 heteroatoms. The van der Waals surface area contributed by atoms with E-state index in [1.165, 1.54) is 11.3 Å². The molecule has 0 radical (unpaired) electrons. The Hall–Kier alpha value is -1.36. The van der Waals surface area contributed by atoms with Gasteiger partial charge in [-0.25, -0.2) is 9.78 Å². The molecule has 2 aromatic heterocycles. The van der Waals surface area contributed by atoms with Crippen LogP contribution in [0.1, 0.15) is 46.5 Å². The molecule has 0 saturated heterocycles. The lowest BCUT2D eigenvalue weighted by Gasteiger charge is -2.03. The molecule has 0 unspecified atom stereocenters. The van der Waals surface area contributed by atoms with E-state index < -0.39 is 5.97 Å². The third-order valence-electron chi connectivity index (χ3n) is 2.71. The van der Waals surface area contributed by atoms with Crippen LogP contribution in [0.5, 0.6) is 0 Å². The van der Waals surface area contributed by atoms with Gasteiger partial charge in [-0.05, 0) is 19.8 Å². The highest BCUT2D eigenvalue weighted by molar-refractivity contribution is 7.17. The average Bonchev–Trinajstić information content (AvgIpc) is 2.66. The Bertz CT molecular complexity index is 566. The summed E-state index contributed by atoms with van der Waals surface area (Å²) in [4.78, 5) is 17.6. The molecule has 0 aliphatic carbocycles. The molecule has 2 rings (SSSR count). The van der Waals surface area contributed by atoms with Gasteiger partial charge in [-0.2, -0.15) is 0 Å². The summed E-state index contributed by atoms with van der Waals surface area (Å²) in [6.45, 7) is 7.83. The fraction of sp³-hybridized carbons (Fsp3) is 0.455. The zero-order valence-electron chi connectivity index (χ0n) is 9.74. The van der Waals surface area contributed by atoms with E-state index in [-0.39, 0.29) is 5.92 Å². The van der Waals surface area contributed by atoms with Crippen LogP contribution >= 0.6 is 11.3 Å². The van der Waals surface area contributed by atoms with Gasteiger partial charge < -0.3 is 5.11 Å². The van der Waals surface area contributed by atoms with Crippen LogP contribution < -0.4 is 0 Å². The second-order valence-corrected chi connectivity index (χ2v) is 5.35. The van der Waals surface area contributed by atoms with Crippen LogP contribution in [0.3, 0.4) is 0 Å². The van der Waals surface area contributed by atoms with Gasteiger partial charge in [0.1, 0.15) is 0 Å². The molecule has 0 aliphatic heterocycles. The highest BCUT2D eigenvalue weighted by Crippen LogP contribution is 2.28. The summed E-state index contributed by atoms with van der Waals surface area (Å²) in [7, 11) is 0. The maximum Gasteiger partial charge on any atom is 0.354 e. The van der Waals surface area contributed by atoms with Gasteiger partial charge in [0.05, 0.1) is 5.69 Å². The van der Waals surface area contributed by atoms with Gasteiger partial charge >= 0.3 is 5.97 Å². The standard InChI is InChI=1S/C11H14N2O2S/c1-5(2)8-9(10(14)15)13-6(3)7(4)16-11(13)12-8/h5H,1-4H3,(H,14,15). The minimum atomic E-state index is -0.905. The number of aromatic carboxylic acids is 1. The number of aryl methyl sites for hydroxylation is 2. The Kier molecular flexibility index (Phi) is 2.50. The average molecular weight is 238 g/mol. The summed E-state index contributed by atoms with van der Waals surface area (Å²) >= 11 is 1.54. The Labute approximate surface area is 97.6 Å². The zero-order valence-corrected chi connectivity index (χ0v) is 10.6. The van der Waals surface area contributed by atoms with Crippen molar-refractivity contribution in [1.29, 1.82) is 0 Å². The van der Waals surface area contributed by atoms with Crippen LogP contribution in [0.4, 0.5) is 0 Å². The van der Waals surface area contributed by atoms with Crippen molar-refractivity contribution in [1.82, 2.24) is 9.38 Å². The van der Waals surface area contributed by atoms with Crippen molar-refractivity contribution in [3.05, 3.63) is 22.0 Å². The molecule has 0 spiro atoms. The number of imidazole rings is 1. The van der Waals surface area contributed by atoms with Crippen LogP contribution in [0.15, 0.2) is 0 Å². The molecule has 0 saturated carbocycles. The first-order chi connectivity index (χ1) is 7.43. The summed E-state index contributed by atoms with van der Waals surface area (Å²) < 4.78 is 1.75. The van der Waals surface area contributed by atoms with E-state index in [4.69, 9.17) is 0 Å². The molecule has 0 amide bonds. The van der Waals surface area contributed by atoms with Gasteiger partial charge in [-0.15, -0.1) is 11.3 Å². The van der Waals surface area contributed by atoms with Gasteiger partial charge in [-0.3, -0.25) is 4.40 Å². The lowest BCUT2D eigenvalue weighted by Crippen LogP contribution is -2.07. The first kappa shape index (κ1) is 11.1. The Morgan fingerprint density at radius 3 is 2.56 bits per heavy atom. The smallest absolute Gasteiger partial charge is 0.354 e. The molecule has 0 bridgehead atoms. The second-order valence-electron chi connectivity index (χ2n) is 4.17. The molecule has 0 aromatic carbocycles. The molecule has 2 heterocycles. The number of hydrogen-bond donors (Lipinski definition) is 1. The van der Waals surface area contributed by atoms with Crippen molar-refractivity contribution in [2.45, 2.75) is 33.6 Å². The highest BCUT2D eigenvalue weighted by Gasteiger charge is 2.23. The van der Waals surface area contributed by atoms with Crippen molar-refractivity contribution < 1.29 is 9.90 Å². The number of carboxylic acids is 1. The maximum atomic E-state index is 11.3. The van der Waals surface area contributed by atoms with Crippen LogP contribution in [-0.2, 0) is 0 Å². The van der Waals surface area contributed by atoms with Crippen LogP contribution in [0.2, 0.25) is 0 Å². The minimum Gasteiger partial charge on any atom is -0.477 e. The van der Waals surface area contributed by atoms with Crippen molar-refractivity contribution in [2.75, 3.05) is 0 Å². The van der Waals surface area contributed by atoms with Crippen LogP contribution in [0, 0.1) is 13.8 Å². The molecular formula is C11H14N2O2S. The fourth-order valence-electron chi connectivity index (χ4n) is 1.77. The van der Waals surface area contributed by atoms with E-state index in [2.05, 4.69) is 4.98 Å². The number of rotatable bonds is 2. The fourth-order valence-corrected chi connectivity index (χ4v) is 2.75. The molecular weight excluding hydrogens is 224 g/mol. The summed E-state index contributed by atoms with van der Waals surface area (Å²) in [5.74, 6) is -0.782. The van der Waals surface area contributed by atoms with E-state index in [0.717, 1.165) is 15.5 Å². The predicted octanol–water partition coefficient (Wildman–Crippen LogP) is 2.83. The Balaban J connectivity index is 2.86. The summed E-state index contributed by atoms with van der Waals surface area (Å²) in [5, 5.41) is 9.28. The number of aromatic nitrogens is 2. The second kappa shape index (κ2) is 3.59. The lowest BCUT2D eigenvalue weighted by molar-refractivity contribution is 0.0687. The van der Waals surface area contributed by atoms with Crippen molar-refractivity contribution in [3.63, 3.8) is 0 Å². The number of fused-ring (bicyclic) bond motifs is 1. The molecule has 86 valence electrons. The lowest BCUT2D eigenvalue weighted by atomic mass is 10.1. The van der Waals surface area contributed by atoms with E-state index in [9.17, 15) is 9.90 Å². The molecule has 0 fully saturated rings. The first-order valence-electron chi connectivity index (χ1n) is 5.15. The Morgan fingerprint density at radius 1 is 1.44 bits per heavy atom. The van der Waals surface area contributed by atoms with E-state index in [1.54, 1.807) is 4.40 Å². The van der Waals surface area contributed by atoms with Crippen LogP contribution in [0.25, 0.3) is 4.96 Å². The maximum absolute atomic E-state index is 11.3. The number of thiazole rings is 1. The quantitative estimate of drug-likeness (QED) is 0.875. The normalized spacial score (nSPS) is 11.6. The van der Waals surface area contributed by atoms with E-state index in [1.807, 2.05) is 27.7 Å². The van der Waals surface area contributed by atoms with E-state index in [0.29, 0.717) is 11.4 Å². The summed E-state index contributed by atoms with van der Waals surface area (Å²) in [5.41, 5.74) is 1.95.